The molecule has 4 heteroatoms. The number of allylic oxidation sites excluding steroid dienone is 2. The minimum Gasteiger partial charge on any atom is -0.480 e. The van der Waals surface area contributed by atoms with Crippen LogP contribution in [0.25, 0.3) is 5.57 Å². The summed E-state index contributed by atoms with van der Waals surface area (Å²) in [5, 5.41) is 8.40. The largest absolute Gasteiger partial charge is 0.480 e. The van der Waals surface area contributed by atoms with Crippen LogP contribution in [0.4, 0.5) is 0 Å². The van der Waals surface area contributed by atoms with E-state index < -0.39 is 0 Å². The molecular formula is C7H4N2OS. The van der Waals surface area contributed by atoms with E-state index in [1.54, 1.807) is 17.8 Å². The van der Waals surface area contributed by atoms with Crippen molar-refractivity contribution in [2.45, 2.75) is 0 Å². The van der Waals surface area contributed by atoms with Crippen LogP contribution in [0, 0.1) is 6.61 Å². The Morgan fingerprint density at radius 2 is 2.55 bits per heavy atom. The number of hydrogen-bond acceptors (Lipinski definition) is 4. The molecule has 0 saturated carbocycles. The number of nitrogens with zero attached hydrogens (tertiary/aromatic N) is 2. The Labute approximate surface area is 68.0 Å². The monoisotopic (exact) mass is 164 g/mol. The minimum atomic E-state index is 0.828. The zero-order valence-electron chi connectivity index (χ0n) is 5.52. The highest BCUT2D eigenvalue weighted by molar-refractivity contribution is 7.10. The molecule has 2 rings (SSSR count). The van der Waals surface area contributed by atoms with Gasteiger partial charge in [-0.1, -0.05) is 0 Å². The summed E-state index contributed by atoms with van der Waals surface area (Å²) in [6.45, 7) is 2.70. The van der Waals surface area contributed by atoms with Gasteiger partial charge in [-0.3, -0.25) is 0 Å². The molecule has 2 radical (unpaired) electrons. The summed E-state index contributed by atoms with van der Waals surface area (Å²) in [5.74, 6) is 0. The third-order valence-corrected chi connectivity index (χ3v) is 1.89. The molecule has 54 valence electrons. The van der Waals surface area contributed by atoms with Crippen molar-refractivity contribution in [2.75, 3.05) is 0 Å². The number of rotatable bonds is 1. The molecule has 0 saturated heterocycles. The van der Waals surface area contributed by atoms with E-state index in [0.717, 1.165) is 10.6 Å². The van der Waals surface area contributed by atoms with E-state index in [9.17, 15) is 0 Å². The van der Waals surface area contributed by atoms with Gasteiger partial charge in [-0.05, 0) is 12.2 Å². The van der Waals surface area contributed by atoms with Crippen molar-refractivity contribution < 1.29 is 4.74 Å². The summed E-state index contributed by atoms with van der Waals surface area (Å²) in [6, 6.07) is 0. The van der Waals surface area contributed by atoms with Crippen LogP contribution in [0.15, 0.2) is 23.9 Å². The maximum Gasteiger partial charge on any atom is 0.232 e. The first-order chi connectivity index (χ1) is 5.47. The third kappa shape index (κ3) is 1.30. The quantitative estimate of drug-likeness (QED) is 0.631. The fourth-order valence-corrected chi connectivity index (χ4v) is 1.24. The van der Waals surface area contributed by atoms with Crippen LogP contribution in [0.5, 0.6) is 0 Å². The third-order valence-electron chi connectivity index (χ3n) is 1.17. The van der Waals surface area contributed by atoms with E-state index in [4.69, 9.17) is 4.74 Å². The molecule has 0 aliphatic carbocycles. The lowest BCUT2D eigenvalue weighted by molar-refractivity contribution is 0.359. The Balaban J connectivity index is 2.29. The van der Waals surface area contributed by atoms with Crippen LogP contribution in [-0.2, 0) is 4.74 Å². The second kappa shape index (κ2) is 2.84. The van der Waals surface area contributed by atoms with Crippen molar-refractivity contribution >= 4 is 16.9 Å². The Bertz CT molecular complexity index is 289. The van der Waals surface area contributed by atoms with Gasteiger partial charge in [-0.2, -0.15) is 0 Å². The first-order valence-corrected chi connectivity index (χ1v) is 3.90. The fourth-order valence-electron chi connectivity index (χ4n) is 0.712. The average molecular weight is 164 g/mol. The van der Waals surface area contributed by atoms with Crippen molar-refractivity contribution in [2.24, 2.45) is 0 Å². The first-order valence-electron chi connectivity index (χ1n) is 3.02. The first kappa shape index (κ1) is 6.54. The molecule has 1 aliphatic heterocycles. The maximum atomic E-state index is 4.85. The van der Waals surface area contributed by atoms with Gasteiger partial charge >= 0.3 is 0 Å². The summed E-state index contributed by atoms with van der Waals surface area (Å²) in [7, 11) is 0. The molecule has 3 nitrogen and oxygen atoms in total. The standard InChI is InChI=1S/C7H4N2OS/c1-2-6(4-10-3-1)7-9-8-5-11-7/h1-3,5H. The van der Waals surface area contributed by atoms with Gasteiger partial charge in [0.15, 0.2) is 0 Å². The zero-order valence-corrected chi connectivity index (χ0v) is 6.34. The topological polar surface area (TPSA) is 35.0 Å². The molecule has 1 aromatic heterocycles. The summed E-state index contributed by atoms with van der Waals surface area (Å²) < 4.78 is 4.85. The zero-order chi connectivity index (χ0) is 7.52. The molecule has 0 N–H and O–H groups in total. The lowest BCUT2D eigenvalue weighted by Crippen LogP contribution is -1.89. The van der Waals surface area contributed by atoms with Crippen LogP contribution in [0.2, 0.25) is 0 Å². The second-order valence-corrected chi connectivity index (χ2v) is 2.71. The van der Waals surface area contributed by atoms with Crippen molar-refractivity contribution in [1.82, 2.24) is 10.2 Å². The second-order valence-electron chi connectivity index (χ2n) is 1.87. The van der Waals surface area contributed by atoms with Crippen LogP contribution < -0.4 is 0 Å². The van der Waals surface area contributed by atoms with E-state index in [0.29, 0.717) is 0 Å². The molecule has 0 bridgehead atoms. The van der Waals surface area contributed by atoms with Gasteiger partial charge in [0.2, 0.25) is 6.61 Å². The van der Waals surface area contributed by atoms with Gasteiger partial charge in [0.05, 0.1) is 6.26 Å². The van der Waals surface area contributed by atoms with Gasteiger partial charge in [0.25, 0.3) is 0 Å². The van der Waals surface area contributed by atoms with Gasteiger partial charge in [0.1, 0.15) is 10.5 Å². The number of ether oxygens (including phenoxy) is 1. The molecule has 0 atom stereocenters. The van der Waals surface area contributed by atoms with Crippen LogP contribution >= 0.6 is 11.3 Å². The lowest BCUT2D eigenvalue weighted by atomic mass is 10.2. The number of hydrogen-bond donors (Lipinski definition) is 0. The van der Waals surface area contributed by atoms with Crippen LogP contribution in [0.3, 0.4) is 0 Å². The highest BCUT2D eigenvalue weighted by Crippen LogP contribution is 2.21. The SMILES string of the molecule is [C]1OC=CC=C1c1nncs1. The molecule has 0 fully saturated rings. The Morgan fingerprint density at radius 1 is 1.55 bits per heavy atom. The highest BCUT2D eigenvalue weighted by atomic mass is 32.1. The summed E-state index contributed by atoms with van der Waals surface area (Å²) in [6.07, 6.45) is 5.24. The molecule has 11 heavy (non-hydrogen) atoms. The molecule has 1 aliphatic rings. The molecule has 2 heterocycles. The van der Waals surface area contributed by atoms with Crippen molar-refractivity contribution in [1.29, 1.82) is 0 Å². The normalized spacial score (nSPS) is 15.8. The fraction of sp³-hybridized carbons (Fsp3) is 0. The molecule has 0 amide bonds. The van der Waals surface area contributed by atoms with Crippen molar-refractivity contribution in [3.05, 3.63) is 35.5 Å². The van der Waals surface area contributed by atoms with E-state index in [1.165, 1.54) is 11.3 Å². The number of aromatic nitrogens is 2. The lowest BCUT2D eigenvalue weighted by Gasteiger charge is -2.02. The van der Waals surface area contributed by atoms with Gasteiger partial charge in [-0.15, -0.1) is 21.5 Å². The predicted octanol–water partition coefficient (Wildman–Crippen LogP) is 1.50. The van der Waals surface area contributed by atoms with Gasteiger partial charge in [0, 0.05) is 5.57 Å². The van der Waals surface area contributed by atoms with Crippen molar-refractivity contribution in [3.63, 3.8) is 0 Å². The van der Waals surface area contributed by atoms with Gasteiger partial charge in [-0.25, -0.2) is 0 Å². The molecule has 1 aromatic rings. The minimum absolute atomic E-state index is 0.828. The Hall–Kier alpha value is -1.16. The summed E-state index contributed by atoms with van der Waals surface area (Å²) in [5.41, 5.74) is 2.52. The Kier molecular flexibility index (Phi) is 1.69. The smallest absolute Gasteiger partial charge is 0.232 e. The van der Waals surface area contributed by atoms with Crippen LogP contribution in [-0.4, -0.2) is 10.2 Å². The average Bonchev–Trinajstić information content (AvgIpc) is 2.58. The highest BCUT2D eigenvalue weighted by Gasteiger charge is 2.08. The van der Waals surface area contributed by atoms with E-state index >= 15 is 0 Å². The van der Waals surface area contributed by atoms with E-state index in [1.807, 2.05) is 6.08 Å². The molecule has 0 spiro atoms. The van der Waals surface area contributed by atoms with E-state index in [-0.39, 0.29) is 0 Å². The summed E-state index contributed by atoms with van der Waals surface area (Å²) in [4.78, 5) is 0. The molecule has 0 aromatic carbocycles. The Morgan fingerprint density at radius 3 is 3.18 bits per heavy atom. The van der Waals surface area contributed by atoms with E-state index in [2.05, 4.69) is 16.8 Å². The van der Waals surface area contributed by atoms with Crippen LogP contribution in [0.1, 0.15) is 5.01 Å². The van der Waals surface area contributed by atoms with Crippen molar-refractivity contribution in [3.8, 4) is 0 Å². The maximum absolute atomic E-state index is 4.85. The molecule has 0 unspecified atom stereocenters. The van der Waals surface area contributed by atoms with Gasteiger partial charge < -0.3 is 4.74 Å². The molecular weight excluding hydrogens is 160 g/mol. The predicted molar refractivity (Wildman–Crippen MR) is 41.4 cm³/mol. The summed E-state index contributed by atoms with van der Waals surface area (Å²) >= 11 is 1.46.